The Bertz CT molecular complexity index is 405. The molecule has 2 unspecified atom stereocenters. The van der Waals surface area contributed by atoms with E-state index >= 15 is 0 Å². The SMILES string of the molecule is NC(=O)C(Nc1ccccc1F)C1CCCO1. The molecule has 0 spiro atoms. The molecule has 92 valence electrons. The quantitative estimate of drug-likeness (QED) is 0.830. The summed E-state index contributed by atoms with van der Waals surface area (Å²) in [6, 6.07) is 5.50. The molecule has 1 amide bonds. The largest absolute Gasteiger partial charge is 0.376 e. The Labute approximate surface area is 98.9 Å². The number of nitrogens with two attached hydrogens (primary N) is 1. The maximum absolute atomic E-state index is 13.4. The monoisotopic (exact) mass is 238 g/mol. The second-order valence-corrected chi connectivity index (χ2v) is 4.06. The highest BCUT2D eigenvalue weighted by Crippen LogP contribution is 2.20. The van der Waals surface area contributed by atoms with Crippen LogP contribution >= 0.6 is 0 Å². The van der Waals surface area contributed by atoms with Crippen molar-refractivity contribution in [1.29, 1.82) is 0 Å². The maximum atomic E-state index is 13.4. The minimum atomic E-state index is -0.686. The predicted octanol–water partition coefficient (Wildman–Crippen LogP) is 1.27. The Kier molecular flexibility index (Phi) is 3.58. The number of carbonyl (C=O) groups is 1. The van der Waals surface area contributed by atoms with Crippen molar-refractivity contribution >= 4 is 11.6 Å². The highest BCUT2D eigenvalue weighted by atomic mass is 19.1. The molecule has 1 aliphatic heterocycles. The van der Waals surface area contributed by atoms with Gasteiger partial charge in [-0.05, 0) is 25.0 Å². The Morgan fingerprint density at radius 2 is 2.29 bits per heavy atom. The fourth-order valence-corrected chi connectivity index (χ4v) is 1.96. The number of hydrogen-bond donors (Lipinski definition) is 2. The highest BCUT2D eigenvalue weighted by molar-refractivity contribution is 5.83. The van der Waals surface area contributed by atoms with Gasteiger partial charge in [-0.25, -0.2) is 4.39 Å². The topological polar surface area (TPSA) is 64.4 Å². The molecule has 4 nitrogen and oxygen atoms in total. The van der Waals surface area contributed by atoms with Crippen molar-refractivity contribution in [2.75, 3.05) is 11.9 Å². The van der Waals surface area contributed by atoms with Gasteiger partial charge >= 0.3 is 0 Å². The molecular weight excluding hydrogens is 223 g/mol. The Hall–Kier alpha value is -1.62. The molecule has 0 aromatic heterocycles. The van der Waals surface area contributed by atoms with E-state index in [1.165, 1.54) is 6.07 Å². The number of rotatable bonds is 4. The van der Waals surface area contributed by atoms with Crippen LogP contribution in [0.25, 0.3) is 0 Å². The molecule has 2 rings (SSSR count). The summed E-state index contributed by atoms with van der Waals surface area (Å²) in [5.74, 6) is -0.933. The first kappa shape index (κ1) is 11.9. The first-order valence-corrected chi connectivity index (χ1v) is 5.60. The molecule has 1 aromatic carbocycles. The van der Waals surface area contributed by atoms with Crippen LogP contribution in [0.2, 0.25) is 0 Å². The summed E-state index contributed by atoms with van der Waals surface area (Å²) < 4.78 is 18.8. The third kappa shape index (κ3) is 2.74. The molecule has 3 N–H and O–H groups in total. The van der Waals surface area contributed by atoms with Crippen molar-refractivity contribution in [1.82, 2.24) is 0 Å². The summed E-state index contributed by atoms with van der Waals surface area (Å²) in [5, 5.41) is 2.81. The van der Waals surface area contributed by atoms with Gasteiger partial charge < -0.3 is 15.8 Å². The van der Waals surface area contributed by atoms with Gasteiger partial charge in [0.2, 0.25) is 5.91 Å². The Morgan fingerprint density at radius 3 is 2.88 bits per heavy atom. The van der Waals surface area contributed by atoms with Crippen molar-refractivity contribution in [3.8, 4) is 0 Å². The number of nitrogens with one attached hydrogen (secondary N) is 1. The first-order chi connectivity index (χ1) is 8.18. The van der Waals surface area contributed by atoms with Gasteiger partial charge in [0, 0.05) is 6.61 Å². The Balaban J connectivity index is 2.12. The summed E-state index contributed by atoms with van der Waals surface area (Å²) in [6.45, 7) is 0.618. The molecule has 1 aliphatic rings. The average Bonchev–Trinajstić information content (AvgIpc) is 2.81. The molecule has 0 radical (unpaired) electrons. The number of benzene rings is 1. The summed E-state index contributed by atoms with van der Waals surface area (Å²) in [5.41, 5.74) is 5.58. The van der Waals surface area contributed by atoms with Gasteiger partial charge in [-0.1, -0.05) is 12.1 Å². The van der Waals surface area contributed by atoms with Gasteiger partial charge in [0.1, 0.15) is 11.9 Å². The van der Waals surface area contributed by atoms with Crippen LogP contribution in [0.1, 0.15) is 12.8 Å². The van der Waals surface area contributed by atoms with E-state index in [-0.39, 0.29) is 11.8 Å². The van der Waals surface area contributed by atoms with Crippen molar-refractivity contribution in [3.63, 3.8) is 0 Å². The number of amides is 1. The summed E-state index contributed by atoms with van der Waals surface area (Å²) in [7, 11) is 0. The molecule has 1 heterocycles. The number of anilines is 1. The summed E-state index contributed by atoms with van der Waals surface area (Å²) in [6.07, 6.45) is 1.38. The van der Waals surface area contributed by atoms with Crippen LogP contribution in [0, 0.1) is 5.82 Å². The zero-order valence-electron chi connectivity index (χ0n) is 9.36. The van der Waals surface area contributed by atoms with E-state index < -0.39 is 17.8 Å². The first-order valence-electron chi connectivity index (χ1n) is 5.60. The molecule has 2 atom stereocenters. The van der Waals surface area contributed by atoms with Gasteiger partial charge in [0.05, 0.1) is 11.8 Å². The number of halogens is 1. The zero-order valence-corrected chi connectivity index (χ0v) is 9.36. The number of hydrogen-bond acceptors (Lipinski definition) is 3. The lowest BCUT2D eigenvalue weighted by Crippen LogP contribution is -2.44. The lowest BCUT2D eigenvalue weighted by atomic mass is 10.1. The number of ether oxygens (including phenoxy) is 1. The molecule has 0 bridgehead atoms. The van der Waals surface area contributed by atoms with Crippen molar-refractivity contribution in [3.05, 3.63) is 30.1 Å². The van der Waals surface area contributed by atoms with Gasteiger partial charge in [-0.15, -0.1) is 0 Å². The number of para-hydroxylation sites is 1. The smallest absolute Gasteiger partial charge is 0.242 e. The normalized spacial score (nSPS) is 21.1. The Morgan fingerprint density at radius 1 is 1.53 bits per heavy atom. The third-order valence-electron chi connectivity index (χ3n) is 2.83. The van der Waals surface area contributed by atoms with Gasteiger partial charge in [-0.3, -0.25) is 4.79 Å². The van der Waals surface area contributed by atoms with Crippen LogP contribution in [0.15, 0.2) is 24.3 Å². The molecule has 1 aromatic rings. The predicted molar refractivity (Wildman–Crippen MR) is 62.0 cm³/mol. The minimum Gasteiger partial charge on any atom is -0.376 e. The van der Waals surface area contributed by atoms with Crippen LogP contribution in [0.5, 0.6) is 0 Å². The lowest BCUT2D eigenvalue weighted by Gasteiger charge is -2.22. The molecular formula is C12H15FN2O2. The van der Waals surface area contributed by atoms with E-state index in [2.05, 4.69) is 5.32 Å². The fourth-order valence-electron chi connectivity index (χ4n) is 1.96. The van der Waals surface area contributed by atoms with E-state index in [0.717, 1.165) is 12.8 Å². The van der Waals surface area contributed by atoms with Crippen LogP contribution < -0.4 is 11.1 Å². The maximum Gasteiger partial charge on any atom is 0.242 e. The van der Waals surface area contributed by atoms with E-state index in [9.17, 15) is 9.18 Å². The van der Waals surface area contributed by atoms with E-state index in [1.54, 1.807) is 18.2 Å². The van der Waals surface area contributed by atoms with Crippen molar-refractivity contribution in [2.24, 2.45) is 5.73 Å². The highest BCUT2D eigenvalue weighted by Gasteiger charge is 2.30. The van der Waals surface area contributed by atoms with E-state index in [1.807, 2.05) is 0 Å². The summed E-state index contributed by atoms with van der Waals surface area (Å²) >= 11 is 0. The lowest BCUT2D eigenvalue weighted by molar-refractivity contribution is -0.121. The number of carbonyl (C=O) groups excluding carboxylic acids is 1. The van der Waals surface area contributed by atoms with Gasteiger partial charge in [0.15, 0.2) is 0 Å². The van der Waals surface area contributed by atoms with Gasteiger partial charge in [0.25, 0.3) is 0 Å². The zero-order chi connectivity index (χ0) is 12.3. The molecule has 0 aliphatic carbocycles. The van der Waals surface area contributed by atoms with Crippen LogP contribution in [0.3, 0.4) is 0 Å². The van der Waals surface area contributed by atoms with Crippen LogP contribution in [0.4, 0.5) is 10.1 Å². The van der Waals surface area contributed by atoms with Gasteiger partial charge in [-0.2, -0.15) is 0 Å². The molecule has 5 heteroatoms. The van der Waals surface area contributed by atoms with Crippen LogP contribution in [-0.4, -0.2) is 24.7 Å². The number of primary amides is 1. The average molecular weight is 238 g/mol. The molecule has 1 saturated heterocycles. The van der Waals surface area contributed by atoms with Crippen molar-refractivity contribution in [2.45, 2.75) is 25.0 Å². The third-order valence-corrected chi connectivity index (χ3v) is 2.83. The fraction of sp³-hybridized carbons (Fsp3) is 0.417. The van der Waals surface area contributed by atoms with Crippen molar-refractivity contribution < 1.29 is 13.9 Å². The van der Waals surface area contributed by atoms with E-state index in [4.69, 9.17) is 10.5 Å². The molecule has 0 saturated carbocycles. The molecule has 17 heavy (non-hydrogen) atoms. The van der Waals surface area contributed by atoms with E-state index in [0.29, 0.717) is 6.61 Å². The summed E-state index contributed by atoms with van der Waals surface area (Å²) in [4.78, 5) is 11.4. The molecule has 1 fully saturated rings. The van der Waals surface area contributed by atoms with Crippen LogP contribution in [-0.2, 0) is 9.53 Å². The second-order valence-electron chi connectivity index (χ2n) is 4.06. The minimum absolute atomic E-state index is 0.270. The standard InChI is InChI=1S/C12H15FN2O2/c13-8-4-1-2-5-9(8)15-11(12(14)16)10-6-3-7-17-10/h1-2,4-5,10-11,15H,3,6-7H2,(H2,14,16). The second kappa shape index (κ2) is 5.14.